The number of carbonyl (C=O) groups excluding carboxylic acids is 2. The fraction of sp³-hybridized carbons (Fsp3) is 0.800. The van der Waals surface area contributed by atoms with E-state index in [0.29, 0.717) is 18.9 Å². The quantitative estimate of drug-likeness (QED) is 0.117. The second-order valence-corrected chi connectivity index (χ2v) is 10.7. The molecule has 0 aromatic heterocycles. The van der Waals surface area contributed by atoms with Crippen LogP contribution in [0, 0.1) is 17.8 Å². The number of hydrogen-bond acceptors (Lipinski definition) is 7. The molecule has 1 aliphatic heterocycles. The van der Waals surface area contributed by atoms with Gasteiger partial charge in [-0.2, -0.15) is 0 Å². The topological polar surface area (TPSA) is 91.3 Å². The largest absolute Gasteiger partial charge is 0.466 e. The van der Waals surface area contributed by atoms with Gasteiger partial charge in [-0.25, -0.2) is 4.79 Å². The second-order valence-electron chi connectivity index (χ2n) is 10.7. The monoisotopic (exact) mass is 522 g/mol. The summed E-state index contributed by atoms with van der Waals surface area (Å²) in [4.78, 5) is 23.2. The van der Waals surface area contributed by atoms with Crippen LogP contribution < -0.4 is 0 Å². The SMILES string of the molecule is CCCC[C@H](C)C[C@H](O)/C=C/[C@@H]1[C@@H](CCCC/C=C/C(=O)OC)[C@@H](OC(C)=O)C[C@H]1OC1CCCCO1. The summed E-state index contributed by atoms with van der Waals surface area (Å²) in [6.45, 7) is 6.55. The predicted molar refractivity (Wildman–Crippen MR) is 144 cm³/mol. The van der Waals surface area contributed by atoms with Crippen LogP contribution in [0.3, 0.4) is 0 Å². The van der Waals surface area contributed by atoms with Crippen LogP contribution in [0.25, 0.3) is 0 Å². The van der Waals surface area contributed by atoms with E-state index < -0.39 is 6.10 Å². The average Bonchev–Trinajstić information content (AvgIpc) is 3.18. The van der Waals surface area contributed by atoms with Crippen molar-refractivity contribution in [1.82, 2.24) is 0 Å². The molecule has 7 atom stereocenters. The summed E-state index contributed by atoms with van der Waals surface area (Å²) < 4.78 is 22.7. The molecule has 0 radical (unpaired) electrons. The Hall–Kier alpha value is -1.70. The number of carbonyl (C=O) groups is 2. The maximum absolute atomic E-state index is 11.9. The van der Waals surface area contributed by atoms with E-state index in [1.54, 1.807) is 0 Å². The number of aliphatic hydroxyl groups is 1. The van der Waals surface area contributed by atoms with Gasteiger partial charge in [-0.3, -0.25) is 4.79 Å². The number of allylic oxidation sites excluding steroid dienone is 1. The lowest BCUT2D eigenvalue weighted by Gasteiger charge is -2.29. The maximum atomic E-state index is 11.9. The Balaban J connectivity index is 2.09. The number of methoxy groups -OCH3 is 1. The Labute approximate surface area is 224 Å². The van der Waals surface area contributed by atoms with Crippen LogP contribution in [0.4, 0.5) is 0 Å². The molecule has 0 spiro atoms. The minimum Gasteiger partial charge on any atom is -0.466 e. The van der Waals surface area contributed by atoms with Gasteiger partial charge in [-0.05, 0) is 50.9 Å². The van der Waals surface area contributed by atoms with E-state index in [-0.39, 0.29) is 42.3 Å². The van der Waals surface area contributed by atoms with Gasteiger partial charge < -0.3 is 24.1 Å². The molecule has 0 amide bonds. The summed E-state index contributed by atoms with van der Waals surface area (Å²) in [5, 5.41) is 10.7. The van der Waals surface area contributed by atoms with E-state index in [9.17, 15) is 14.7 Å². The fourth-order valence-corrected chi connectivity index (χ4v) is 5.55. The number of unbranched alkanes of at least 4 members (excludes halogenated alkanes) is 3. The summed E-state index contributed by atoms with van der Waals surface area (Å²) in [6.07, 6.45) is 17.6. The standard InChI is InChI=1S/C30H50O7/c1-5-6-13-22(2)20-24(32)17-18-26-25(14-9-7-8-10-15-29(33)34-4)27(36-23(3)31)21-28(26)37-30-16-11-12-19-35-30/h10,15,17-18,22,24-28,30,32H,5-9,11-14,16,19-21H2,1-4H3/b15-10+,18-17+/t22-,24+,25+,26+,27-,28+,30?/m0/s1. The third-order valence-electron chi connectivity index (χ3n) is 7.51. The van der Waals surface area contributed by atoms with Crippen molar-refractivity contribution in [3.8, 4) is 0 Å². The van der Waals surface area contributed by atoms with Gasteiger partial charge in [0.2, 0.25) is 0 Å². The summed E-state index contributed by atoms with van der Waals surface area (Å²) >= 11 is 0. The average molecular weight is 523 g/mol. The molecule has 0 aromatic rings. The minimum atomic E-state index is -0.504. The highest BCUT2D eigenvalue weighted by Gasteiger charge is 2.45. The Morgan fingerprint density at radius 3 is 2.65 bits per heavy atom. The molecule has 1 heterocycles. The molecule has 2 fully saturated rings. The zero-order valence-corrected chi connectivity index (χ0v) is 23.4. The molecule has 1 N–H and O–H groups in total. The Morgan fingerprint density at radius 2 is 1.97 bits per heavy atom. The second kappa shape index (κ2) is 17.7. The van der Waals surface area contributed by atoms with Gasteiger partial charge in [-0.1, -0.05) is 57.8 Å². The molecule has 1 aliphatic carbocycles. The molecule has 7 heteroatoms. The molecule has 1 saturated heterocycles. The molecule has 1 saturated carbocycles. The highest BCUT2D eigenvalue weighted by atomic mass is 16.7. The molecule has 212 valence electrons. The molecule has 2 rings (SSSR count). The molecule has 7 nitrogen and oxygen atoms in total. The first-order chi connectivity index (χ1) is 17.8. The summed E-state index contributed by atoms with van der Waals surface area (Å²) in [5.74, 6) is -0.0286. The molecule has 37 heavy (non-hydrogen) atoms. The molecule has 0 bridgehead atoms. The smallest absolute Gasteiger partial charge is 0.330 e. The number of esters is 2. The predicted octanol–water partition coefficient (Wildman–Crippen LogP) is 5.89. The number of rotatable bonds is 16. The van der Waals surface area contributed by atoms with E-state index in [2.05, 4.69) is 24.7 Å². The minimum absolute atomic E-state index is 0.0288. The number of aliphatic hydroxyl groups excluding tert-OH is 1. The molecule has 1 unspecified atom stereocenters. The first-order valence-electron chi connectivity index (χ1n) is 14.4. The van der Waals surface area contributed by atoms with E-state index in [1.807, 2.05) is 12.2 Å². The molecular weight excluding hydrogens is 472 g/mol. The van der Waals surface area contributed by atoms with Crippen molar-refractivity contribution in [2.24, 2.45) is 17.8 Å². The summed E-state index contributed by atoms with van der Waals surface area (Å²) in [5.41, 5.74) is 0. The summed E-state index contributed by atoms with van der Waals surface area (Å²) in [7, 11) is 1.37. The van der Waals surface area contributed by atoms with Crippen molar-refractivity contribution in [2.45, 2.75) is 122 Å². The van der Waals surface area contributed by atoms with Crippen molar-refractivity contribution >= 4 is 11.9 Å². The van der Waals surface area contributed by atoms with E-state index in [0.717, 1.165) is 64.2 Å². The van der Waals surface area contributed by atoms with Crippen LogP contribution in [0.2, 0.25) is 0 Å². The van der Waals surface area contributed by atoms with E-state index in [4.69, 9.17) is 14.2 Å². The number of ether oxygens (including phenoxy) is 4. The van der Waals surface area contributed by atoms with Crippen LogP contribution in [-0.4, -0.2) is 55.4 Å². The Kier molecular flexibility index (Phi) is 15.1. The van der Waals surface area contributed by atoms with Gasteiger partial charge in [0.05, 0.1) is 19.3 Å². The lowest BCUT2D eigenvalue weighted by molar-refractivity contribution is -0.193. The van der Waals surface area contributed by atoms with Gasteiger partial charge in [-0.15, -0.1) is 0 Å². The Morgan fingerprint density at radius 1 is 1.16 bits per heavy atom. The van der Waals surface area contributed by atoms with E-state index in [1.165, 1.54) is 26.5 Å². The van der Waals surface area contributed by atoms with Gasteiger partial charge in [0, 0.05) is 37.9 Å². The lowest BCUT2D eigenvalue weighted by Crippen LogP contribution is -2.31. The molecule has 2 aliphatic rings. The number of hydrogen-bond donors (Lipinski definition) is 1. The van der Waals surface area contributed by atoms with Crippen molar-refractivity contribution in [3.63, 3.8) is 0 Å². The first kappa shape index (κ1) is 31.5. The van der Waals surface area contributed by atoms with Gasteiger partial charge in [0.15, 0.2) is 6.29 Å². The van der Waals surface area contributed by atoms with Gasteiger partial charge >= 0.3 is 11.9 Å². The highest BCUT2D eigenvalue weighted by Crippen LogP contribution is 2.42. The van der Waals surface area contributed by atoms with Crippen LogP contribution in [0.5, 0.6) is 0 Å². The van der Waals surface area contributed by atoms with Crippen molar-refractivity contribution in [1.29, 1.82) is 0 Å². The first-order valence-corrected chi connectivity index (χ1v) is 14.4. The van der Waals surface area contributed by atoms with Crippen molar-refractivity contribution < 1.29 is 33.6 Å². The Bertz CT molecular complexity index is 713. The third-order valence-corrected chi connectivity index (χ3v) is 7.51. The summed E-state index contributed by atoms with van der Waals surface area (Å²) in [6, 6.07) is 0. The highest BCUT2D eigenvalue weighted by molar-refractivity contribution is 5.81. The van der Waals surface area contributed by atoms with Crippen LogP contribution in [0.15, 0.2) is 24.3 Å². The molecule has 0 aromatic carbocycles. The zero-order chi connectivity index (χ0) is 27.0. The van der Waals surface area contributed by atoms with Gasteiger partial charge in [0.1, 0.15) is 6.10 Å². The normalized spacial score (nSPS) is 28.0. The van der Waals surface area contributed by atoms with Gasteiger partial charge in [0.25, 0.3) is 0 Å². The van der Waals surface area contributed by atoms with Crippen LogP contribution >= 0.6 is 0 Å². The molecular formula is C30H50O7. The van der Waals surface area contributed by atoms with Crippen molar-refractivity contribution in [2.75, 3.05) is 13.7 Å². The van der Waals surface area contributed by atoms with Crippen LogP contribution in [-0.2, 0) is 28.5 Å². The lowest BCUT2D eigenvalue weighted by atomic mass is 9.87. The zero-order valence-electron chi connectivity index (χ0n) is 23.4. The van der Waals surface area contributed by atoms with E-state index >= 15 is 0 Å². The third kappa shape index (κ3) is 12.1. The van der Waals surface area contributed by atoms with Crippen LogP contribution in [0.1, 0.15) is 97.8 Å². The fourth-order valence-electron chi connectivity index (χ4n) is 5.55. The maximum Gasteiger partial charge on any atom is 0.330 e. The van der Waals surface area contributed by atoms with Crippen molar-refractivity contribution in [3.05, 3.63) is 24.3 Å².